The molecule has 2 aromatic rings. The van der Waals surface area contributed by atoms with Crippen molar-refractivity contribution in [3.63, 3.8) is 0 Å². The zero-order valence-corrected chi connectivity index (χ0v) is 11.6. The number of furan rings is 1. The van der Waals surface area contributed by atoms with E-state index in [0.717, 1.165) is 17.9 Å². The van der Waals surface area contributed by atoms with Gasteiger partial charge < -0.3 is 9.73 Å². The molecule has 0 aliphatic heterocycles. The fourth-order valence-corrected chi connectivity index (χ4v) is 2.28. The average molecular weight is 243 g/mol. The lowest BCUT2D eigenvalue weighted by molar-refractivity contribution is 0.433. The third kappa shape index (κ3) is 2.34. The molecule has 1 heterocycles. The zero-order chi connectivity index (χ0) is 13.1. The standard InChI is InChI=1S/C16H21NO/c1-5-13-9-10-15(18-13)16(17-4)14-8-6-7-11(2)12(14)3/h6-10,16-17H,5H2,1-4H3. The van der Waals surface area contributed by atoms with Crippen LogP contribution in [0.3, 0.4) is 0 Å². The first kappa shape index (κ1) is 12.9. The molecule has 0 spiro atoms. The molecule has 0 aliphatic carbocycles. The van der Waals surface area contributed by atoms with Crippen LogP contribution in [-0.4, -0.2) is 7.05 Å². The Morgan fingerprint density at radius 2 is 1.94 bits per heavy atom. The topological polar surface area (TPSA) is 25.2 Å². The molecule has 0 saturated heterocycles. The van der Waals surface area contributed by atoms with Crippen molar-refractivity contribution >= 4 is 0 Å². The molecule has 1 aromatic carbocycles. The molecule has 0 saturated carbocycles. The molecule has 2 rings (SSSR count). The van der Waals surface area contributed by atoms with Gasteiger partial charge in [-0.25, -0.2) is 0 Å². The summed E-state index contributed by atoms with van der Waals surface area (Å²) < 4.78 is 5.87. The largest absolute Gasteiger partial charge is 0.464 e. The summed E-state index contributed by atoms with van der Waals surface area (Å²) in [6.07, 6.45) is 0.934. The molecule has 2 heteroatoms. The second-order valence-corrected chi connectivity index (χ2v) is 4.67. The Labute approximate surface area is 109 Å². The van der Waals surface area contributed by atoms with Gasteiger partial charge in [0.1, 0.15) is 11.5 Å². The Bertz CT molecular complexity index is 528. The van der Waals surface area contributed by atoms with Crippen LogP contribution in [-0.2, 0) is 6.42 Å². The summed E-state index contributed by atoms with van der Waals surface area (Å²) in [5, 5.41) is 3.35. The van der Waals surface area contributed by atoms with Crippen molar-refractivity contribution in [1.82, 2.24) is 5.32 Å². The van der Waals surface area contributed by atoms with Gasteiger partial charge in [0.25, 0.3) is 0 Å². The molecule has 0 amide bonds. The van der Waals surface area contributed by atoms with Gasteiger partial charge in [0.05, 0.1) is 6.04 Å². The van der Waals surface area contributed by atoms with E-state index in [4.69, 9.17) is 4.42 Å². The lowest BCUT2D eigenvalue weighted by Crippen LogP contribution is -2.18. The van der Waals surface area contributed by atoms with Crippen molar-refractivity contribution < 1.29 is 4.42 Å². The van der Waals surface area contributed by atoms with Gasteiger partial charge in [-0.1, -0.05) is 25.1 Å². The van der Waals surface area contributed by atoms with Crippen molar-refractivity contribution in [3.05, 3.63) is 58.5 Å². The third-order valence-electron chi connectivity index (χ3n) is 3.56. The maximum Gasteiger partial charge on any atom is 0.125 e. The minimum atomic E-state index is 0.130. The van der Waals surface area contributed by atoms with Gasteiger partial charge in [0.2, 0.25) is 0 Å². The van der Waals surface area contributed by atoms with Gasteiger partial charge in [-0.15, -0.1) is 0 Å². The van der Waals surface area contributed by atoms with Crippen molar-refractivity contribution in [2.24, 2.45) is 0 Å². The average Bonchev–Trinajstić information content (AvgIpc) is 2.84. The number of benzene rings is 1. The maximum absolute atomic E-state index is 5.87. The molecular weight excluding hydrogens is 222 g/mol. The van der Waals surface area contributed by atoms with Crippen LogP contribution in [0.5, 0.6) is 0 Å². The first-order valence-electron chi connectivity index (χ1n) is 6.49. The molecular formula is C16H21NO. The number of rotatable bonds is 4. The van der Waals surface area contributed by atoms with Crippen molar-refractivity contribution in [2.75, 3.05) is 7.05 Å². The van der Waals surface area contributed by atoms with E-state index in [1.807, 2.05) is 7.05 Å². The molecule has 0 aliphatic rings. The SMILES string of the molecule is CCc1ccc(C(NC)c2cccc(C)c2C)o1. The summed E-state index contributed by atoms with van der Waals surface area (Å²) in [6.45, 7) is 6.42. The molecule has 0 fully saturated rings. The van der Waals surface area contributed by atoms with E-state index < -0.39 is 0 Å². The molecule has 1 aromatic heterocycles. The van der Waals surface area contributed by atoms with Crippen LogP contribution in [0.15, 0.2) is 34.7 Å². The Balaban J connectivity index is 2.41. The third-order valence-corrected chi connectivity index (χ3v) is 3.56. The van der Waals surface area contributed by atoms with Gasteiger partial charge in [-0.05, 0) is 49.7 Å². The Hall–Kier alpha value is -1.54. The fourth-order valence-electron chi connectivity index (χ4n) is 2.28. The first-order chi connectivity index (χ1) is 8.67. The molecule has 0 radical (unpaired) electrons. The highest BCUT2D eigenvalue weighted by atomic mass is 16.3. The van der Waals surface area contributed by atoms with Crippen LogP contribution in [0.2, 0.25) is 0 Å². The normalized spacial score (nSPS) is 12.7. The van der Waals surface area contributed by atoms with E-state index in [-0.39, 0.29) is 6.04 Å². The Kier molecular flexibility index (Phi) is 3.87. The lowest BCUT2D eigenvalue weighted by Gasteiger charge is -2.18. The van der Waals surface area contributed by atoms with Crippen LogP contribution in [0.1, 0.15) is 41.2 Å². The highest BCUT2D eigenvalue weighted by Gasteiger charge is 2.18. The van der Waals surface area contributed by atoms with Crippen LogP contribution in [0.4, 0.5) is 0 Å². The molecule has 1 unspecified atom stereocenters. The van der Waals surface area contributed by atoms with Crippen LogP contribution in [0.25, 0.3) is 0 Å². The minimum Gasteiger partial charge on any atom is -0.464 e. The maximum atomic E-state index is 5.87. The van der Waals surface area contributed by atoms with Crippen molar-refractivity contribution in [1.29, 1.82) is 0 Å². The molecule has 96 valence electrons. The van der Waals surface area contributed by atoms with E-state index in [2.05, 4.69) is 56.4 Å². The number of nitrogens with one attached hydrogen (secondary N) is 1. The van der Waals surface area contributed by atoms with Crippen LogP contribution in [0, 0.1) is 13.8 Å². The lowest BCUT2D eigenvalue weighted by atomic mass is 9.96. The van der Waals surface area contributed by atoms with Crippen LogP contribution < -0.4 is 5.32 Å². The molecule has 2 nitrogen and oxygen atoms in total. The van der Waals surface area contributed by atoms with E-state index >= 15 is 0 Å². The highest BCUT2D eigenvalue weighted by molar-refractivity contribution is 5.38. The monoisotopic (exact) mass is 243 g/mol. The summed E-state index contributed by atoms with van der Waals surface area (Å²) in [5.74, 6) is 2.03. The van der Waals surface area contributed by atoms with Crippen molar-refractivity contribution in [2.45, 2.75) is 33.2 Å². The van der Waals surface area contributed by atoms with Gasteiger partial charge in [-0.2, -0.15) is 0 Å². The Morgan fingerprint density at radius 1 is 1.17 bits per heavy atom. The summed E-state index contributed by atoms with van der Waals surface area (Å²) >= 11 is 0. The minimum absolute atomic E-state index is 0.130. The first-order valence-corrected chi connectivity index (χ1v) is 6.49. The fraction of sp³-hybridized carbons (Fsp3) is 0.375. The Morgan fingerprint density at radius 3 is 2.56 bits per heavy atom. The van der Waals surface area contributed by atoms with Crippen LogP contribution >= 0.6 is 0 Å². The highest BCUT2D eigenvalue weighted by Crippen LogP contribution is 2.27. The second kappa shape index (κ2) is 5.40. The van der Waals surface area contributed by atoms with E-state index in [1.54, 1.807) is 0 Å². The second-order valence-electron chi connectivity index (χ2n) is 4.67. The quantitative estimate of drug-likeness (QED) is 0.884. The number of hydrogen-bond donors (Lipinski definition) is 1. The molecule has 18 heavy (non-hydrogen) atoms. The van der Waals surface area contributed by atoms with Gasteiger partial charge >= 0.3 is 0 Å². The van der Waals surface area contributed by atoms with Crippen molar-refractivity contribution in [3.8, 4) is 0 Å². The molecule has 1 N–H and O–H groups in total. The predicted molar refractivity (Wildman–Crippen MR) is 74.9 cm³/mol. The summed E-state index contributed by atoms with van der Waals surface area (Å²) in [6, 6.07) is 10.7. The number of hydrogen-bond acceptors (Lipinski definition) is 2. The molecule has 1 atom stereocenters. The van der Waals surface area contributed by atoms with E-state index in [9.17, 15) is 0 Å². The zero-order valence-electron chi connectivity index (χ0n) is 11.6. The van der Waals surface area contributed by atoms with Gasteiger partial charge in [-0.3, -0.25) is 0 Å². The predicted octanol–water partition coefficient (Wildman–Crippen LogP) is 3.77. The van der Waals surface area contributed by atoms with Gasteiger partial charge in [0, 0.05) is 6.42 Å². The van der Waals surface area contributed by atoms with Gasteiger partial charge in [0.15, 0.2) is 0 Å². The number of aryl methyl sites for hydroxylation is 2. The summed E-state index contributed by atoms with van der Waals surface area (Å²) in [5.41, 5.74) is 3.93. The van der Waals surface area contributed by atoms with E-state index in [0.29, 0.717) is 0 Å². The summed E-state index contributed by atoms with van der Waals surface area (Å²) in [7, 11) is 1.97. The molecule has 0 bridgehead atoms. The van der Waals surface area contributed by atoms with E-state index in [1.165, 1.54) is 16.7 Å². The summed E-state index contributed by atoms with van der Waals surface area (Å²) in [4.78, 5) is 0. The smallest absolute Gasteiger partial charge is 0.125 e.